The van der Waals surface area contributed by atoms with E-state index in [2.05, 4.69) is 16.9 Å². The Kier molecular flexibility index (Phi) is 5.66. The minimum Gasteiger partial charge on any atom is -0.469 e. The summed E-state index contributed by atoms with van der Waals surface area (Å²) >= 11 is 1.49. The highest BCUT2D eigenvalue weighted by Gasteiger charge is 2.12. The quantitative estimate of drug-likeness (QED) is 0.831. The Morgan fingerprint density at radius 1 is 1.18 bits per heavy atom. The van der Waals surface area contributed by atoms with Crippen molar-refractivity contribution in [2.24, 2.45) is 0 Å². The van der Waals surface area contributed by atoms with Crippen LogP contribution in [0.1, 0.15) is 27.2 Å². The van der Waals surface area contributed by atoms with Gasteiger partial charge in [-0.25, -0.2) is 0 Å². The Bertz CT molecular complexity index is 667. The van der Waals surface area contributed by atoms with Crippen molar-refractivity contribution in [3.63, 3.8) is 0 Å². The van der Waals surface area contributed by atoms with Crippen LogP contribution < -0.4 is 10.9 Å². The summed E-state index contributed by atoms with van der Waals surface area (Å²) in [6.07, 6.45) is 1.43. The minimum absolute atomic E-state index is 0.243. The van der Waals surface area contributed by atoms with Gasteiger partial charge >= 0.3 is 0 Å². The molecule has 0 unspecified atom stereocenters. The zero-order chi connectivity index (χ0) is 15.9. The van der Waals surface area contributed by atoms with Crippen LogP contribution in [0, 0.1) is 13.8 Å². The SMILES string of the molecule is Cc1cccc(CSCC(=O)NNC(=O)c2ccoc2C)c1. The molecule has 5 nitrogen and oxygen atoms in total. The number of carbonyl (C=O) groups is 2. The topological polar surface area (TPSA) is 71.3 Å². The number of hydrazine groups is 1. The van der Waals surface area contributed by atoms with Crippen LogP contribution in [0.5, 0.6) is 0 Å². The van der Waals surface area contributed by atoms with Crippen LogP contribution in [0.4, 0.5) is 0 Å². The first-order chi connectivity index (χ1) is 10.6. The summed E-state index contributed by atoms with van der Waals surface area (Å²) in [5, 5.41) is 0. The van der Waals surface area contributed by atoms with Gasteiger partial charge < -0.3 is 4.42 Å². The molecule has 0 bridgehead atoms. The predicted molar refractivity (Wildman–Crippen MR) is 86.4 cm³/mol. The van der Waals surface area contributed by atoms with E-state index in [-0.39, 0.29) is 17.6 Å². The van der Waals surface area contributed by atoms with Crippen molar-refractivity contribution in [1.29, 1.82) is 0 Å². The molecule has 0 saturated carbocycles. The predicted octanol–water partition coefficient (Wildman–Crippen LogP) is 2.59. The summed E-state index contributed by atoms with van der Waals surface area (Å²) in [7, 11) is 0. The fourth-order valence-electron chi connectivity index (χ4n) is 1.91. The molecule has 1 aromatic heterocycles. The molecule has 116 valence electrons. The average molecular weight is 318 g/mol. The average Bonchev–Trinajstić information content (AvgIpc) is 2.91. The molecule has 2 N–H and O–H groups in total. The van der Waals surface area contributed by atoms with Gasteiger partial charge in [0.1, 0.15) is 5.76 Å². The molecule has 0 spiro atoms. The van der Waals surface area contributed by atoms with Gasteiger partial charge in [-0.2, -0.15) is 0 Å². The van der Waals surface area contributed by atoms with Crippen LogP contribution in [0.15, 0.2) is 41.0 Å². The molecule has 2 aromatic rings. The molecule has 2 rings (SSSR count). The van der Waals surface area contributed by atoms with E-state index in [1.807, 2.05) is 25.1 Å². The lowest BCUT2D eigenvalue weighted by molar-refractivity contribution is -0.119. The lowest BCUT2D eigenvalue weighted by Crippen LogP contribution is -2.42. The van der Waals surface area contributed by atoms with Gasteiger partial charge in [0.15, 0.2) is 0 Å². The maximum atomic E-state index is 11.8. The fraction of sp³-hybridized carbons (Fsp3) is 0.250. The van der Waals surface area contributed by atoms with Crippen LogP contribution in [0.2, 0.25) is 0 Å². The first kappa shape index (κ1) is 16.2. The number of benzene rings is 1. The first-order valence-corrected chi connectivity index (χ1v) is 7.98. The Hall–Kier alpha value is -2.21. The summed E-state index contributed by atoms with van der Waals surface area (Å²) in [5.41, 5.74) is 7.55. The van der Waals surface area contributed by atoms with Gasteiger partial charge in [0.2, 0.25) is 5.91 Å². The molecule has 0 aliphatic rings. The molecular formula is C16H18N2O3S. The zero-order valence-corrected chi connectivity index (χ0v) is 13.3. The van der Waals surface area contributed by atoms with Gasteiger partial charge in [0.25, 0.3) is 5.91 Å². The van der Waals surface area contributed by atoms with E-state index < -0.39 is 0 Å². The monoisotopic (exact) mass is 318 g/mol. The molecule has 6 heteroatoms. The Labute approximate surface area is 133 Å². The van der Waals surface area contributed by atoms with Crippen molar-refractivity contribution in [3.05, 3.63) is 59.0 Å². The third-order valence-electron chi connectivity index (χ3n) is 3.00. The fourth-order valence-corrected chi connectivity index (χ4v) is 2.69. The maximum Gasteiger partial charge on any atom is 0.273 e. The molecule has 1 aromatic carbocycles. The molecular weight excluding hydrogens is 300 g/mol. The van der Waals surface area contributed by atoms with E-state index in [9.17, 15) is 9.59 Å². The highest BCUT2D eigenvalue weighted by molar-refractivity contribution is 7.99. The van der Waals surface area contributed by atoms with E-state index in [1.54, 1.807) is 13.0 Å². The lowest BCUT2D eigenvalue weighted by atomic mass is 10.2. The van der Waals surface area contributed by atoms with Gasteiger partial charge in [-0.1, -0.05) is 29.8 Å². The summed E-state index contributed by atoms with van der Waals surface area (Å²) < 4.78 is 5.04. The number of rotatable bonds is 5. The lowest BCUT2D eigenvalue weighted by Gasteiger charge is -2.07. The molecule has 0 fully saturated rings. The van der Waals surface area contributed by atoms with Crippen LogP contribution in [-0.4, -0.2) is 17.6 Å². The summed E-state index contributed by atoms with van der Waals surface area (Å²) in [4.78, 5) is 23.5. The number of carbonyl (C=O) groups excluding carboxylic acids is 2. The largest absolute Gasteiger partial charge is 0.469 e. The van der Waals surface area contributed by atoms with Gasteiger partial charge in [-0.3, -0.25) is 20.4 Å². The van der Waals surface area contributed by atoms with Gasteiger partial charge in [-0.05, 0) is 25.5 Å². The molecule has 0 aliphatic heterocycles. The number of nitrogens with one attached hydrogen (secondary N) is 2. The first-order valence-electron chi connectivity index (χ1n) is 6.83. The third-order valence-corrected chi connectivity index (χ3v) is 4.01. The molecule has 0 atom stereocenters. The molecule has 2 amide bonds. The smallest absolute Gasteiger partial charge is 0.273 e. The van der Waals surface area contributed by atoms with Crippen molar-refractivity contribution in [2.75, 3.05) is 5.75 Å². The number of aryl methyl sites for hydroxylation is 2. The summed E-state index contributed by atoms with van der Waals surface area (Å²) in [5.74, 6) is 0.915. The van der Waals surface area contributed by atoms with E-state index in [1.165, 1.54) is 29.2 Å². The van der Waals surface area contributed by atoms with E-state index in [4.69, 9.17) is 4.42 Å². The van der Waals surface area contributed by atoms with Crippen molar-refractivity contribution in [3.8, 4) is 0 Å². The molecule has 0 radical (unpaired) electrons. The van der Waals surface area contributed by atoms with Gasteiger partial charge in [0.05, 0.1) is 17.6 Å². The van der Waals surface area contributed by atoms with Crippen molar-refractivity contribution < 1.29 is 14.0 Å². The third kappa shape index (κ3) is 4.66. The Morgan fingerprint density at radius 3 is 2.68 bits per heavy atom. The number of amides is 2. The summed E-state index contributed by atoms with van der Waals surface area (Å²) in [6.45, 7) is 3.72. The normalized spacial score (nSPS) is 10.3. The van der Waals surface area contributed by atoms with Crippen molar-refractivity contribution in [1.82, 2.24) is 10.9 Å². The zero-order valence-electron chi connectivity index (χ0n) is 12.5. The number of hydrogen-bond donors (Lipinski definition) is 2. The maximum absolute atomic E-state index is 11.8. The van der Waals surface area contributed by atoms with Crippen molar-refractivity contribution in [2.45, 2.75) is 19.6 Å². The van der Waals surface area contributed by atoms with E-state index >= 15 is 0 Å². The standard InChI is InChI=1S/C16H18N2O3S/c1-11-4-3-5-13(8-11)9-22-10-15(19)17-18-16(20)14-6-7-21-12(14)2/h3-8H,9-10H2,1-2H3,(H,17,19)(H,18,20). The number of furan rings is 1. The Balaban J connectivity index is 1.70. The van der Waals surface area contributed by atoms with E-state index in [0.717, 1.165) is 5.75 Å². The van der Waals surface area contributed by atoms with Gasteiger partial charge in [-0.15, -0.1) is 11.8 Å². The number of thioether (sulfide) groups is 1. The Morgan fingerprint density at radius 2 is 2.00 bits per heavy atom. The number of hydrogen-bond acceptors (Lipinski definition) is 4. The van der Waals surface area contributed by atoms with Crippen LogP contribution in [-0.2, 0) is 10.5 Å². The van der Waals surface area contributed by atoms with E-state index in [0.29, 0.717) is 11.3 Å². The highest BCUT2D eigenvalue weighted by Crippen LogP contribution is 2.13. The van der Waals surface area contributed by atoms with Crippen molar-refractivity contribution >= 4 is 23.6 Å². The van der Waals surface area contributed by atoms with Crippen LogP contribution in [0.25, 0.3) is 0 Å². The summed E-state index contributed by atoms with van der Waals surface area (Å²) in [6, 6.07) is 9.71. The van der Waals surface area contributed by atoms with Crippen LogP contribution >= 0.6 is 11.8 Å². The minimum atomic E-state index is -0.386. The second-order valence-corrected chi connectivity index (χ2v) is 5.86. The second-order valence-electron chi connectivity index (χ2n) is 4.87. The molecule has 0 aliphatic carbocycles. The molecule has 1 heterocycles. The molecule has 22 heavy (non-hydrogen) atoms. The second kappa shape index (κ2) is 7.70. The van der Waals surface area contributed by atoms with Gasteiger partial charge in [0, 0.05) is 5.75 Å². The highest BCUT2D eigenvalue weighted by atomic mass is 32.2. The van der Waals surface area contributed by atoms with Crippen LogP contribution in [0.3, 0.4) is 0 Å². The molecule has 0 saturated heterocycles.